The fourth-order valence-electron chi connectivity index (χ4n) is 1.43. The highest BCUT2D eigenvalue weighted by Gasteiger charge is 2.24. The number of thiazole rings is 1. The summed E-state index contributed by atoms with van der Waals surface area (Å²) in [4.78, 5) is 39.1. The molecule has 0 aromatic carbocycles. The molecule has 1 aromatic heterocycles. The van der Waals surface area contributed by atoms with E-state index in [1.807, 2.05) is 6.92 Å². The molecule has 20 heavy (non-hydrogen) atoms. The molecule has 110 valence electrons. The third-order valence-corrected chi connectivity index (χ3v) is 3.17. The molecule has 0 aliphatic carbocycles. The first kappa shape index (κ1) is 15.7. The Bertz CT molecular complexity index is 513. The van der Waals surface area contributed by atoms with E-state index in [0.717, 1.165) is 16.2 Å². The third kappa shape index (κ3) is 4.09. The SMILES string of the molecule is CCNc1nc(N)c(C(=O)N(CC(N)=O)CC(N)=O)s1. The van der Waals surface area contributed by atoms with Gasteiger partial charge < -0.3 is 27.4 Å². The van der Waals surface area contributed by atoms with E-state index in [0.29, 0.717) is 11.7 Å². The van der Waals surface area contributed by atoms with Crippen molar-refractivity contribution in [3.8, 4) is 0 Å². The Hall–Kier alpha value is -2.36. The maximum absolute atomic E-state index is 12.2. The van der Waals surface area contributed by atoms with Crippen LogP contribution >= 0.6 is 11.3 Å². The van der Waals surface area contributed by atoms with E-state index in [1.165, 1.54) is 0 Å². The fourth-order valence-corrected chi connectivity index (χ4v) is 2.35. The summed E-state index contributed by atoms with van der Waals surface area (Å²) in [5.74, 6) is -2.10. The Morgan fingerprint density at radius 2 is 1.80 bits per heavy atom. The predicted octanol–water partition coefficient (Wildman–Crippen LogP) is -1.43. The van der Waals surface area contributed by atoms with Crippen molar-refractivity contribution in [3.05, 3.63) is 4.88 Å². The normalized spacial score (nSPS) is 10.1. The second kappa shape index (κ2) is 6.70. The van der Waals surface area contributed by atoms with Crippen LogP contribution in [0.15, 0.2) is 0 Å². The first-order valence-corrected chi connectivity index (χ1v) is 6.52. The van der Waals surface area contributed by atoms with Crippen LogP contribution in [0.1, 0.15) is 16.6 Å². The average molecular weight is 300 g/mol. The Morgan fingerprint density at radius 1 is 1.25 bits per heavy atom. The first-order valence-electron chi connectivity index (χ1n) is 5.71. The van der Waals surface area contributed by atoms with E-state index in [1.54, 1.807) is 0 Å². The molecular formula is C10H16N6O3S. The van der Waals surface area contributed by atoms with Gasteiger partial charge in [0.15, 0.2) is 5.13 Å². The van der Waals surface area contributed by atoms with Gasteiger partial charge in [-0.1, -0.05) is 11.3 Å². The number of nitrogens with two attached hydrogens (primary N) is 3. The minimum Gasteiger partial charge on any atom is -0.382 e. The van der Waals surface area contributed by atoms with Crippen LogP contribution in [0.5, 0.6) is 0 Å². The molecule has 0 spiro atoms. The molecule has 0 bridgehead atoms. The molecule has 0 fully saturated rings. The van der Waals surface area contributed by atoms with Gasteiger partial charge >= 0.3 is 0 Å². The maximum atomic E-state index is 12.2. The van der Waals surface area contributed by atoms with Crippen LogP contribution in [-0.2, 0) is 9.59 Å². The van der Waals surface area contributed by atoms with Gasteiger partial charge in [-0.2, -0.15) is 0 Å². The van der Waals surface area contributed by atoms with Crippen molar-refractivity contribution in [2.45, 2.75) is 6.92 Å². The number of hydrogen-bond donors (Lipinski definition) is 4. The quantitative estimate of drug-likeness (QED) is 0.483. The molecule has 1 rings (SSSR count). The monoisotopic (exact) mass is 300 g/mol. The van der Waals surface area contributed by atoms with Gasteiger partial charge in [0.1, 0.15) is 23.8 Å². The average Bonchev–Trinajstić information content (AvgIpc) is 2.68. The van der Waals surface area contributed by atoms with Gasteiger partial charge in [0, 0.05) is 6.54 Å². The van der Waals surface area contributed by atoms with Gasteiger partial charge in [0.25, 0.3) is 5.91 Å². The summed E-state index contributed by atoms with van der Waals surface area (Å²) in [7, 11) is 0. The predicted molar refractivity (Wildman–Crippen MR) is 75.0 cm³/mol. The zero-order chi connectivity index (χ0) is 15.3. The molecule has 0 aliphatic heterocycles. The topological polar surface area (TPSA) is 157 Å². The van der Waals surface area contributed by atoms with Crippen LogP contribution in [0.2, 0.25) is 0 Å². The molecule has 10 heteroatoms. The third-order valence-electron chi connectivity index (χ3n) is 2.16. The smallest absolute Gasteiger partial charge is 0.268 e. The Labute approximate surface area is 119 Å². The van der Waals surface area contributed by atoms with E-state index in [-0.39, 0.29) is 10.7 Å². The summed E-state index contributed by atoms with van der Waals surface area (Å²) in [5.41, 5.74) is 15.7. The highest BCUT2D eigenvalue weighted by Crippen LogP contribution is 2.26. The molecular weight excluding hydrogens is 284 g/mol. The molecule has 0 aliphatic rings. The lowest BCUT2D eigenvalue weighted by Crippen LogP contribution is -2.43. The number of amides is 3. The van der Waals surface area contributed by atoms with E-state index in [4.69, 9.17) is 17.2 Å². The van der Waals surface area contributed by atoms with Crippen LogP contribution in [0.4, 0.5) is 10.9 Å². The lowest BCUT2D eigenvalue weighted by atomic mass is 10.3. The summed E-state index contributed by atoms with van der Waals surface area (Å²) >= 11 is 1.03. The number of carbonyl (C=O) groups is 3. The summed E-state index contributed by atoms with van der Waals surface area (Å²) in [6, 6.07) is 0. The minimum atomic E-state index is -0.755. The molecule has 0 unspecified atom stereocenters. The Kier molecular flexibility index (Phi) is 5.26. The lowest BCUT2D eigenvalue weighted by molar-refractivity contribution is -0.121. The van der Waals surface area contributed by atoms with E-state index < -0.39 is 30.8 Å². The highest BCUT2D eigenvalue weighted by atomic mass is 32.1. The van der Waals surface area contributed by atoms with Crippen molar-refractivity contribution in [2.75, 3.05) is 30.7 Å². The van der Waals surface area contributed by atoms with Crippen molar-refractivity contribution in [1.29, 1.82) is 0 Å². The van der Waals surface area contributed by atoms with E-state index in [2.05, 4.69) is 10.3 Å². The molecule has 1 heterocycles. The summed E-state index contributed by atoms with van der Waals surface area (Å²) in [6.45, 7) is 1.64. The summed E-state index contributed by atoms with van der Waals surface area (Å²) < 4.78 is 0. The number of nitrogens with one attached hydrogen (secondary N) is 1. The summed E-state index contributed by atoms with van der Waals surface area (Å²) in [6.07, 6.45) is 0. The van der Waals surface area contributed by atoms with Crippen molar-refractivity contribution in [3.63, 3.8) is 0 Å². The maximum Gasteiger partial charge on any atom is 0.268 e. The largest absolute Gasteiger partial charge is 0.382 e. The summed E-state index contributed by atoms with van der Waals surface area (Å²) in [5, 5.41) is 3.40. The molecule has 0 saturated heterocycles. The van der Waals surface area contributed by atoms with Gasteiger partial charge in [-0.3, -0.25) is 14.4 Å². The lowest BCUT2D eigenvalue weighted by Gasteiger charge is -2.18. The number of primary amides is 2. The number of hydrogen-bond acceptors (Lipinski definition) is 7. The molecule has 3 amide bonds. The Balaban J connectivity index is 2.98. The number of nitrogen functional groups attached to an aromatic ring is 1. The molecule has 7 N–H and O–H groups in total. The number of anilines is 2. The second-order valence-electron chi connectivity index (χ2n) is 3.86. The second-order valence-corrected chi connectivity index (χ2v) is 4.86. The van der Waals surface area contributed by atoms with Crippen LogP contribution < -0.4 is 22.5 Å². The number of rotatable bonds is 7. The van der Waals surface area contributed by atoms with Crippen LogP contribution in [0.3, 0.4) is 0 Å². The van der Waals surface area contributed by atoms with E-state index >= 15 is 0 Å². The van der Waals surface area contributed by atoms with Crippen molar-refractivity contribution < 1.29 is 14.4 Å². The number of nitrogens with zero attached hydrogens (tertiary/aromatic N) is 2. The van der Waals surface area contributed by atoms with Gasteiger partial charge in [-0.15, -0.1) is 0 Å². The van der Waals surface area contributed by atoms with Crippen LogP contribution in [0, 0.1) is 0 Å². The zero-order valence-electron chi connectivity index (χ0n) is 10.9. The minimum absolute atomic E-state index is 0.0230. The highest BCUT2D eigenvalue weighted by molar-refractivity contribution is 7.18. The van der Waals surface area contributed by atoms with Gasteiger partial charge in [-0.25, -0.2) is 4.98 Å². The first-order chi connectivity index (χ1) is 9.35. The fraction of sp³-hybridized carbons (Fsp3) is 0.400. The molecule has 0 saturated carbocycles. The van der Waals surface area contributed by atoms with Gasteiger partial charge in [0.2, 0.25) is 11.8 Å². The van der Waals surface area contributed by atoms with Crippen molar-refractivity contribution in [2.24, 2.45) is 11.5 Å². The van der Waals surface area contributed by atoms with Gasteiger partial charge in [-0.05, 0) is 6.92 Å². The molecule has 0 atom stereocenters. The van der Waals surface area contributed by atoms with Crippen molar-refractivity contribution in [1.82, 2.24) is 9.88 Å². The van der Waals surface area contributed by atoms with E-state index in [9.17, 15) is 14.4 Å². The number of carbonyl (C=O) groups excluding carboxylic acids is 3. The standard InChI is InChI=1S/C10H16N6O3S/c1-2-14-10-15-8(13)7(20-10)9(19)16(3-5(11)17)4-6(12)18/h2-4,13H2,1H3,(H2,11,17)(H2,12,18)(H,14,15). The van der Waals surface area contributed by atoms with Crippen molar-refractivity contribution >= 4 is 40.0 Å². The molecule has 0 radical (unpaired) electrons. The zero-order valence-corrected chi connectivity index (χ0v) is 11.7. The Morgan fingerprint density at radius 3 is 2.25 bits per heavy atom. The number of aromatic nitrogens is 1. The molecule has 9 nitrogen and oxygen atoms in total. The van der Waals surface area contributed by atoms with Crippen LogP contribution in [0.25, 0.3) is 0 Å². The van der Waals surface area contributed by atoms with Gasteiger partial charge in [0.05, 0.1) is 0 Å². The van der Waals surface area contributed by atoms with Crippen LogP contribution in [-0.4, -0.2) is 47.2 Å². The molecule has 1 aromatic rings.